The van der Waals surface area contributed by atoms with Gasteiger partial charge >= 0.3 is 22.4 Å². The zero-order chi connectivity index (χ0) is 7.33. The maximum Gasteiger partial charge on any atom is 1.00 e. The van der Waals surface area contributed by atoms with Crippen molar-refractivity contribution in [3.05, 3.63) is 0 Å². The first-order valence-electron chi connectivity index (χ1n) is 3.76. The molecule has 0 saturated carbocycles. The summed E-state index contributed by atoms with van der Waals surface area (Å²) in [6, 6.07) is 0. The van der Waals surface area contributed by atoms with Gasteiger partial charge in [-0.1, -0.05) is 46.5 Å². The van der Waals surface area contributed by atoms with E-state index in [9.17, 15) is 0 Å². The van der Waals surface area contributed by atoms with Gasteiger partial charge in [0.1, 0.15) is 0 Å². The Bertz CT molecular complexity index is 66.1. The molecule has 0 aliphatic heterocycles. The van der Waals surface area contributed by atoms with Crippen LogP contribution in [-0.2, 0) is 35.0 Å². The molecule has 0 atom stereocenters. The summed E-state index contributed by atoms with van der Waals surface area (Å²) < 4.78 is 0.134. The molecule has 0 heterocycles. The number of rotatable bonds is 4. The molecule has 0 amide bonds. The van der Waals surface area contributed by atoms with Crippen LogP contribution >= 0.6 is 0 Å². The Kier molecular flexibility index (Phi) is 9.26. The molecular weight excluding hydrogens is 325 g/mol. The zero-order valence-electron chi connectivity index (χ0n) is 7.04. The molecule has 0 rings (SSSR count). The van der Waals surface area contributed by atoms with Crippen LogP contribution in [0.25, 0.3) is 0 Å². The summed E-state index contributed by atoms with van der Waals surface area (Å²) in [7, 11) is 0. The fraction of sp³-hybridized carbons (Fsp3) is 1.00. The molecule has 0 aromatic heterocycles. The van der Waals surface area contributed by atoms with Gasteiger partial charge in [0.25, 0.3) is 0 Å². The van der Waals surface area contributed by atoms with Crippen molar-refractivity contribution in [3.63, 3.8) is 0 Å². The second kappa shape index (κ2) is 6.78. The maximum atomic E-state index is 5.20. The van der Waals surface area contributed by atoms with Crippen molar-refractivity contribution in [2.75, 3.05) is 0 Å². The van der Waals surface area contributed by atoms with Gasteiger partial charge in [0.2, 0.25) is 0 Å². The van der Waals surface area contributed by atoms with Gasteiger partial charge in [-0.3, -0.25) is 0 Å². The number of hydrogen-bond acceptors (Lipinski definition) is 1. The van der Waals surface area contributed by atoms with Gasteiger partial charge in [-0.15, -0.1) is 0 Å². The first-order chi connectivity index (χ1) is 4.06. The van der Waals surface area contributed by atoms with Crippen molar-refractivity contribution in [1.82, 2.24) is 0 Å². The molecule has 0 aliphatic rings. The molecule has 0 unspecified atom stereocenters. The van der Waals surface area contributed by atoms with E-state index >= 15 is 0 Å². The number of unbranched alkanes of at least 4 members (excludes halogenated alkanes) is 2. The van der Waals surface area contributed by atoms with Crippen LogP contribution in [0.5, 0.6) is 0 Å². The van der Waals surface area contributed by atoms with Crippen LogP contribution in [0.15, 0.2) is 0 Å². The molecule has 10 heavy (non-hydrogen) atoms. The Morgan fingerprint density at radius 1 is 1.20 bits per heavy atom. The quantitative estimate of drug-likeness (QED) is 0.430. The van der Waals surface area contributed by atoms with E-state index in [1.54, 1.807) is 0 Å². The van der Waals surface area contributed by atoms with E-state index in [0.717, 1.165) is 0 Å². The normalized spacial score (nSPS) is 10.8. The molecule has 0 N–H and O–H groups in total. The summed E-state index contributed by atoms with van der Waals surface area (Å²) >= 11 is 5.20. The van der Waals surface area contributed by atoms with Gasteiger partial charge in [0.15, 0.2) is 0 Å². The number of hydrogen-bond donors (Lipinski definition) is 0. The Morgan fingerprint density at radius 2 is 1.70 bits per heavy atom. The summed E-state index contributed by atoms with van der Waals surface area (Å²) in [5.41, 5.74) is 0. The van der Waals surface area contributed by atoms with E-state index in [-0.39, 0.29) is 27.1 Å². The third kappa shape index (κ3) is 11.8. The van der Waals surface area contributed by atoms with Crippen molar-refractivity contribution in [2.45, 2.75) is 51.2 Å². The average Bonchev–Trinajstić information content (AvgIpc) is 1.63. The molecule has 0 radical (unpaired) electrons. The minimum Gasteiger partial charge on any atom is -0.786 e. The zero-order valence-corrected chi connectivity index (χ0v) is 10.0. The van der Waals surface area contributed by atoms with Crippen LogP contribution in [0.4, 0.5) is 0 Å². The third-order valence-electron chi connectivity index (χ3n) is 1.38. The summed E-state index contributed by atoms with van der Waals surface area (Å²) in [5, 5.41) is 0. The van der Waals surface area contributed by atoms with E-state index in [1.165, 1.54) is 25.7 Å². The monoisotopic (exact) mass is 342 g/mol. The van der Waals surface area contributed by atoms with Crippen molar-refractivity contribution >= 4 is 12.6 Å². The largest absolute Gasteiger partial charge is 1.00 e. The Labute approximate surface area is 86.1 Å². The van der Waals surface area contributed by atoms with E-state index in [0.29, 0.717) is 0 Å². The third-order valence-corrected chi connectivity index (χ3v) is 1.59. The molecule has 0 aliphatic carbocycles. The molecule has 0 bridgehead atoms. The summed E-state index contributed by atoms with van der Waals surface area (Å²) in [5.74, 6) is 0. The van der Waals surface area contributed by atoms with Crippen LogP contribution in [0, 0.1) is 0 Å². The van der Waals surface area contributed by atoms with Crippen molar-refractivity contribution in [1.29, 1.82) is 0 Å². The Hall–Kier alpha value is 1.09. The van der Waals surface area contributed by atoms with Gasteiger partial charge in [-0.05, 0) is 0 Å². The molecule has 0 aromatic rings. The summed E-state index contributed by atoms with van der Waals surface area (Å²) in [6.07, 6.45) is 5.12. The van der Waals surface area contributed by atoms with E-state index in [2.05, 4.69) is 20.8 Å². The van der Waals surface area contributed by atoms with Gasteiger partial charge in [-0.2, -0.15) is 4.75 Å². The predicted molar refractivity (Wildman–Crippen MR) is 45.6 cm³/mol. The van der Waals surface area contributed by atoms with Crippen LogP contribution in [0.2, 0.25) is 0 Å². The smallest absolute Gasteiger partial charge is 0.786 e. The molecule has 0 spiro atoms. The van der Waals surface area contributed by atoms with Crippen LogP contribution < -0.4 is 0 Å². The maximum absolute atomic E-state index is 5.20. The molecule has 0 nitrogen and oxygen atoms in total. The van der Waals surface area contributed by atoms with Gasteiger partial charge in [-0.25, -0.2) is 0 Å². The Balaban J connectivity index is 0. The SMILES string of the molecule is CCCCCC(C)(C)[S-].[Au+]. The molecule has 0 fully saturated rings. The van der Waals surface area contributed by atoms with Crippen LogP contribution in [0.1, 0.15) is 46.5 Å². The van der Waals surface area contributed by atoms with Crippen molar-refractivity contribution in [3.8, 4) is 0 Å². The Morgan fingerprint density at radius 3 is 2.00 bits per heavy atom. The molecule has 66 valence electrons. The second-order valence-electron chi connectivity index (χ2n) is 3.22. The predicted octanol–water partition coefficient (Wildman–Crippen LogP) is 2.89. The van der Waals surface area contributed by atoms with Crippen molar-refractivity contribution in [2.24, 2.45) is 0 Å². The average molecular weight is 342 g/mol. The summed E-state index contributed by atoms with van der Waals surface area (Å²) in [6.45, 7) is 6.46. The first-order valence-corrected chi connectivity index (χ1v) is 4.17. The van der Waals surface area contributed by atoms with Crippen LogP contribution in [0.3, 0.4) is 0 Å². The van der Waals surface area contributed by atoms with Gasteiger partial charge in [0.05, 0.1) is 0 Å². The van der Waals surface area contributed by atoms with Crippen molar-refractivity contribution < 1.29 is 22.4 Å². The molecule has 2 heteroatoms. The molecular formula is C8H17AuS. The minimum atomic E-state index is 0. The molecule has 0 saturated heterocycles. The van der Waals surface area contributed by atoms with E-state index in [4.69, 9.17) is 12.6 Å². The van der Waals surface area contributed by atoms with Gasteiger partial charge < -0.3 is 12.6 Å². The second-order valence-corrected chi connectivity index (χ2v) is 4.32. The van der Waals surface area contributed by atoms with E-state index < -0.39 is 0 Å². The summed E-state index contributed by atoms with van der Waals surface area (Å²) in [4.78, 5) is 0. The van der Waals surface area contributed by atoms with Crippen LogP contribution in [-0.4, -0.2) is 4.75 Å². The fourth-order valence-corrected chi connectivity index (χ4v) is 0.945. The molecule has 0 aromatic carbocycles. The topological polar surface area (TPSA) is 0 Å². The van der Waals surface area contributed by atoms with Gasteiger partial charge in [0, 0.05) is 0 Å². The first kappa shape index (κ1) is 13.7. The van der Waals surface area contributed by atoms with E-state index in [1.807, 2.05) is 0 Å². The fourth-order valence-electron chi connectivity index (χ4n) is 0.801. The minimum absolute atomic E-state index is 0. The standard InChI is InChI=1S/C8H18S.Au/c1-4-5-6-7-8(2,3)9;/h9H,4-7H2,1-3H3;/q;+1/p-1.